The highest BCUT2D eigenvalue weighted by Crippen LogP contribution is 2.31. The molecule has 2 rings (SSSR count). The van der Waals surface area contributed by atoms with Gasteiger partial charge in [-0.2, -0.15) is 0 Å². The van der Waals surface area contributed by atoms with E-state index in [2.05, 4.69) is 45.9 Å². The van der Waals surface area contributed by atoms with Crippen LogP contribution in [0, 0.1) is 0 Å². The van der Waals surface area contributed by atoms with Gasteiger partial charge < -0.3 is 9.84 Å². The quantitative estimate of drug-likeness (QED) is 0.464. The van der Waals surface area contributed by atoms with E-state index in [0.717, 1.165) is 56.3 Å². The average Bonchev–Trinajstić information content (AvgIpc) is 2.61. The van der Waals surface area contributed by atoms with Crippen LogP contribution in [-0.2, 0) is 6.42 Å². The number of hydrogen-bond acceptors (Lipinski definition) is 2. The Morgan fingerprint density at radius 2 is 1.67 bits per heavy atom. The van der Waals surface area contributed by atoms with Crippen molar-refractivity contribution in [1.29, 1.82) is 0 Å². The minimum Gasteiger partial charge on any atom is -0.508 e. The third kappa shape index (κ3) is 8.07. The molecule has 2 heteroatoms. The highest BCUT2D eigenvalue weighted by Gasteiger charge is 2.19. The highest BCUT2D eigenvalue weighted by atomic mass is 16.5. The van der Waals surface area contributed by atoms with Gasteiger partial charge in [0.25, 0.3) is 0 Å². The molecule has 0 aromatic heterocycles. The summed E-state index contributed by atoms with van der Waals surface area (Å²) in [5.74, 6) is 1.27. The van der Waals surface area contributed by atoms with Gasteiger partial charge in [0.2, 0.25) is 0 Å². The van der Waals surface area contributed by atoms with Crippen molar-refractivity contribution in [1.82, 2.24) is 0 Å². The van der Waals surface area contributed by atoms with Crippen molar-refractivity contribution in [3.05, 3.63) is 58.7 Å². The number of phenolic OH excluding ortho intramolecular Hbond substituents is 1. The molecule has 1 heterocycles. The Morgan fingerprint density at radius 3 is 2.37 bits per heavy atom. The van der Waals surface area contributed by atoms with E-state index in [1.54, 1.807) is 6.07 Å². The van der Waals surface area contributed by atoms with Gasteiger partial charge in [-0.15, -0.1) is 0 Å². The topological polar surface area (TPSA) is 29.5 Å². The number of aromatic hydroxyl groups is 1. The van der Waals surface area contributed by atoms with Gasteiger partial charge in [-0.25, -0.2) is 0 Å². The smallest absolute Gasteiger partial charge is 0.123 e. The van der Waals surface area contributed by atoms with Crippen LogP contribution in [0.5, 0.6) is 11.5 Å². The van der Waals surface area contributed by atoms with Crippen molar-refractivity contribution in [3.63, 3.8) is 0 Å². The first-order valence-electron chi connectivity index (χ1n) is 10.4. The Morgan fingerprint density at radius 1 is 1.00 bits per heavy atom. The molecule has 0 amide bonds. The third-order valence-electron chi connectivity index (χ3n) is 5.18. The van der Waals surface area contributed by atoms with E-state index in [4.69, 9.17) is 4.74 Å². The second-order valence-corrected chi connectivity index (χ2v) is 8.11. The number of ether oxygens (including phenoxy) is 1. The Kier molecular flexibility index (Phi) is 8.71. The zero-order valence-corrected chi connectivity index (χ0v) is 17.6. The molecule has 1 aromatic rings. The maximum atomic E-state index is 9.56. The maximum Gasteiger partial charge on any atom is 0.123 e. The van der Waals surface area contributed by atoms with E-state index >= 15 is 0 Å². The molecule has 0 spiro atoms. The van der Waals surface area contributed by atoms with Crippen LogP contribution in [0.15, 0.2) is 53.1 Å². The molecule has 0 saturated heterocycles. The van der Waals surface area contributed by atoms with Crippen molar-refractivity contribution in [3.8, 4) is 11.5 Å². The third-order valence-corrected chi connectivity index (χ3v) is 5.18. The predicted octanol–water partition coefficient (Wildman–Crippen LogP) is 7.29. The van der Waals surface area contributed by atoms with Gasteiger partial charge in [-0.1, -0.05) is 34.9 Å². The van der Waals surface area contributed by atoms with Crippen molar-refractivity contribution in [2.24, 2.45) is 0 Å². The van der Waals surface area contributed by atoms with Crippen LogP contribution in [0.2, 0.25) is 0 Å². The summed E-state index contributed by atoms with van der Waals surface area (Å²) < 4.78 is 6.08. The minimum atomic E-state index is 0.295. The largest absolute Gasteiger partial charge is 0.508 e. The second kappa shape index (κ2) is 11.0. The van der Waals surface area contributed by atoms with Crippen molar-refractivity contribution < 1.29 is 9.84 Å². The fourth-order valence-electron chi connectivity index (χ4n) is 3.49. The second-order valence-electron chi connectivity index (χ2n) is 8.11. The monoisotopic (exact) mass is 368 g/mol. The van der Waals surface area contributed by atoms with Gasteiger partial charge in [-0.3, -0.25) is 0 Å². The fourth-order valence-corrected chi connectivity index (χ4v) is 3.49. The van der Waals surface area contributed by atoms with E-state index in [1.165, 1.54) is 23.1 Å². The number of hydrogen-bond donors (Lipinski definition) is 1. The molecular formula is C25H36O2. The molecule has 0 radical (unpaired) electrons. The average molecular weight is 369 g/mol. The van der Waals surface area contributed by atoms with Gasteiger partial charge in [0.15, 0.2) is 0 Å². The van der Waals surface area contributed by atoms with Crippen molar-refractivity contribution >= 4 is 0 Å². The number of phenols is 1. The van der Waals surface area contributed by atoms with E-state index in [1.807, 2.05) is 12.1 Å². The lowest BCUT2D eigenvalue weighted by atomic mass is 9.98. The first-order valence-corrected chi connectivity index (χ1v) is 10.4. The summed E-state index contributed by atoms with van der Waals surface area (Å²) in [7, 11) is 0. The van der Waals surface area contributed by atoms with Crippen LogP contribution in [0.25, 0.3) is 0 Å². The summed E-state index contributed by atoms with van der Waals surface area (Å²) in [5.41, 5.74) is 5.51. The van der Waals surface area contributed by atoms with Gasteiger partial charge in [0, 0.05) is 0 Å². The molecule has 1 aromatic carbocycles. The Bertz CT molecular complexity index is 690. The molecule has 0 unspecified atom stereocenters. The Balaban J connectivity index is 1.67. The molecule has 2 nitrogen and oxygen atoms in total. The number of benzene rings is 1. The molecule has 1 aliphatic heterocycles. The summed E-state index contributed by atoms with van der Waals surface area (Å²) >= 11 is 0. The van der Waals surface area contributed by atoms with Crippen molar-refractivity contribution in [2.75, 3.05) is 0 Å². The lowest BCUT2D eigenvalue weighted by Gasteiger charge is -2.26. The lowest BCUT2D eigenvalue weighted by molar-refractivity contribution is 0.164. The molecule has 27 heavy (non-hydrogen) atoms. The first kappa shape index (κ1) is 21.3. The highest BCUT2D eigenvalue weighted by molar-refractivity contribution is 5.41. The van der Waals surface area contributed by atoms with E-state index in [-0.39, 0.29) is 0 Å². The molecule has 1 N–H and O–H groups in total. The Labute approximate surface area is 165 Å². The van der Waals surface area contributed by atoms with Crippen LogP contribution >= 0.6 is 0 Å². The Hall–Kier alpha value is -1.96. The summed E-state index contributed by atoms with van der Waals surface area (Å²) in [6, 6.07) is 5.43. The predicted molar refractivity (Wildman–Crippen MR) is 115 cm³/mol. The molecule has 0 fully saturated rings. The first-order chi connectivity index (χ1) is 12.9. The van der Waals surface area contributed by atoms with Crippen LogP contribution in [0.1, 0.15) is 78.2 Å². The lowest BCUT2D eigenvalue weighted by Crippen LogP contribution is -2.22. The number of rotatable bonds is 9. The molecule has 0 aliphatic carbocycles. The number of allylic oxidation sites excluding steroid dienone is 6. The minimum absolute atomic E-state index is 0.295. The number of fused-ring (bicyclic) bond motifs is 1. The fraction of sp³-hybridized carbons (Fsp3) is 0.520. The summed E-state index contributed by atoms with van der Waals surface area (Å²) in [4.78, 5) is 0. The van der Waals surface area contributed by atoms with Crippen LogP contribution in [0.4, 0.5) is 0 Å². The van der Waals surface area contributed by atoms with Gasteiger partial charge >= 0.3 is 0 Å². The van der Waals surface area contributed by atoms with E-state index < -0.39 is 0 Å². The van der Waals surface area contributed by atoms with E-state index in [0.29, 0.717) is 11.9 Å². The van der Waals surface area contributed by atoms with Crippen LogP contribution in [-0.4, -0.2) is 11.2 Å². The van der Waals surface area contributed by atoms with Gasteiger partial charge in [0.05, 0.1) is 6.10 Å². The zero-order chi connectivity index (χ0) is 19.6. The normalized spacial score (nSPS) is 17.3. The van der Waals surface area contributed by atoms with E-state index in [9.17, 15) is 5.11 Å². The standard InChI is InChI=1S/C25H36O2/c1-19(2)8-5-9-20(3)10-6-11-21(4)12-7-13-24-16-14-22-18-23(26)15-17-25(22)27-24/h8,10,12,15,17-18,24,26H,5-7,9,11,13-14,16H2,1-4H3/t24-/m1/s1. The maximum absolute atomic E-state index is 9.56. The summed E-state index contributed by atoms with van der Waals surface area (Å²) in [6.45, 7) is 8.81. The summed E-state index contributed by atoms with van der Waals surface area (Å²) in [5, 5.41) is 9.56. The molecule has 0 saturated carbocycles. The van der Waals surface area contributed by atoms with Crippen molar-refractivity contribution in [2.45, 2.75) is 85.2 Å². The molecule has 0 bridgehead atoms. The number of aryl methyl sites for hydroxylation is 1. The molecule has 148 valence electrons. The van der Waals surface area contributed by atoms with Gasteiger partial charge in [-0.05, 0) is 103 Å². The zero-order valence-electron chi connectivity index (χ0n) is 17.6. The molecule has 1 aliphatic rings. The molecule has 1 atom stereocenters. The summed E-state index contributed by atoms with van der Waals surface area (Å²) in [6.07, 6.45) is 16.2. The molecular weight excluding hydrogens is 332 g/mol. The van der Waals surface area contributed by atoms with Crippen LogP contribution in [0.3, 0.4) is 0 Å². The SMILES string of the molecule is CC(C)=CCCC(C)=CCCC(C)=CCC[C@@H]1CCc2cc(O)ccc2O1. The van der Waals surface area contributed by atoms with Crippen LogP contribution < -0.4 is 4.74 Å². The van der Waals surface area contributed by atoms with Gasteiger partial charge in [0.1, 0.15) is 11.5 Å².